The van der Waals surface area contributed by atoms with Gasteiger partial charge in [-0.05, 0) is 36.6 Å². The van der Waals surface area contributed by atoms with Crippen LogP contribution in [0, 0.1) is 0 Å². The maximum Gasteiger partial charge on any atom is 0.321 e. The maximum atomic E-state index is 12.0. The fraction of sp³-hybridized carbons (Fsp3) is 0.462. The molecule has 0 aliphatic carbocycles. The quantitative estimate of drug-likeness (QED) is 0.866. The van der Waals surface area contributed by atoms with Crippen LogP contribution in [0.2, 0.25) is 5.02 Å². The predicted molar refractivity (Wildman–Crippen MR) is 72.0 cm³/mol. The Hall–Kier alpha value is -1.26. The number of nitrogens with one attached hydrogen (secondary N) is 1. The third kappa shape index (κ3) is 2.94. The molecule has 0 radical (unpaired) electrons. The molecule has 1 aromatic rings. The van der Waals surface area contributed by atoms with Gasteiger partial charge >= 0.3 is 6.03 Å². The molecule has 98 valence electrons. The van der Waals surface area contributed by atoms with E-state index in [0.717, 1.165) is 17.7 Å². The average molecular weight is 269 g/mol. The van der Waals surface area contributed by atoms with E-state index in [1.54, 1.807) is 11.0 Å². The third-order valence-electron chi connectivity index (χ3n) is 3.14. The second-order valence-electron chi connectivity index (χ2n) is 4.47. The molecule has 4 nitrogen and oxygen atoms in total. The molecule has 0 saturated carbocycles. The van der Waals surface area contributed by atoms with Crippen LogP contribution in [0.5, 0.6) is 0 Å². The minimum Gasteiger partial charge on any atom is -0.391 e. The minimum absolute atomic E-state index is 0.163. The van der Waals surface area contributed by atoms with Gasteiger partial charge in [0.25, 0.3) is 0 Å². The van der Waals surface area contributed by atoms with Crippen molar-refractivity contribution in [3.05, 3.63) is 28.8 Å². The van der Waals surface area contributed by atoms with Gasteiger partial charge in [0.1, 0.15) is 0 Å². The Morgan fingerprint density at radius 2 is 2.39 bits per heavy atom. The molecule has 1 atom stereocenters. The summed E-state index contributed by atoms with van der Waals surface area (Å²) in [7, 11) is 0. The highest BCUT2D eigenvalue weighted by atomic mass is 35.5. The zero-order valence-electron chi connectivity index (χ0n) is 10.3. The van der Waals surface area contributed by atoms with Crippen molar-refractivity contribution in [2.75, 3.05) is 18.4 Å². The van der Waals surface area contributed by atoms with E-state index >= 15 is 0 Å². The van der Waals surface area contributed by atoms with Crippen molar-refractivity contribution >= 4 is 23.3 Å². The zero-order chi connectivity index (χ0) is 13.1. The molecule has 1 aromatic carbocycles. The van der Waals surface area contributed by atoms with Gasteiger partial charge in [0, 0.05) is 23.8 Å². The number of aryl methyl sites for hydroxylation is 1. The number of aliphatic hydroxyl groups excluding tert-OH is 1. The number of nitrogens with zero attached hydrogens (tertiary/aromatic N) is 1. The summed E-state index contributed by atoms with van der Waals surface area (Å²) in [6.45, 7) is 3.02. The highest BCUT2D eigenvalue weighted by Gasteiger charge is 2.24. The number of urea groups is 1. The van der Waals surface area contributed by atoms with Crippen LogP contribution in [-0.4, -0.2) is 35.2 Å². The smallest absolute Gasteiger partial charge is 0.321 e. The Morgan fingerprint density at radius 1 is 1.61 bits per heavy atom. The monoisotopic (exact) mass is 268 g/mol. The molecule has 2 N–H and O–H groups in total. The minimum atomic E-state index is -0.397. The van der Waals surface area contributed by atoms with Gasteiger partial charge in [-0.2, -0.15) is 0 Å². The Morgan fingerprint density at radius 3 is 3.00 bits per heavy atom. The topological polar surface area (TPSA) is 52.6 Å². The van der Waals surface area contributed by atoms with Gasteiger partial charge in [-0.25, -0.2) is 4.79 Å². The highest BCUT2D eigenvalue weighted by Crippen LogP contribution is 2.22. The van der Waals surface area contributed by atoms with E-state index in [2.05, 4.69) is 5.32 Å². The van der Waals surface area contributed by atoms with E-state index in [4.69, 9.17) is 11.6 Å². The molecule has 2 amide bonds. The normalized spacial score (nSPS) is 19.1. The summed E-state index contributed by atoms with van der Waals surface area (Å²) < 4.78 is 0. The molecule has 2 rings (SSSR count). The third-order valence-corrected chi connectivity index (χ3v) is 3.38. The fourth-order valence-electron chi connectivity index (χ4n) is 2.10. The zero-order valence-corrected chi connectivity index (χ0v) is 11.1. The molecular formula is C13H17ClN2O2. The Bertz CT molecular complexity index is 451. The molecule has 0 spiro atoms. The number of anilines is 1. The van der Waals surface area contributed by atoms with Gasteiger partial charge in [-0.15, -0.1) is 0 Å². The number of aliphatic hydroxyl groups is 1. The molecular weight excluding hydrogens is 252 g/mol. The summed E-state index contributed by atoms with van der Waals surface area (Å²) in [4.78, 5) is 13.6. The lowest BCUT2D eigenvalue weighted by Gasteiger charge is -2.18. The first-order chi connectivity index (χ1) is 8.60. The lowest BCUT2D eigenvalue weighted by Crippen LogP contribution is -2.33. The summed E-state index contributed by atoms with van der Waals surface area (Å²) in [5, 5.41) is 12.9. The number of rotatable bonds is 2. The summed E-state index contributed by atoms with van der Waals surface area (Å²) >= 11 is 5.92. The van der Waals surface area contributed by atoms with Crippen molar-refractivity contribution in [3.63, 3.8) is 0 Å². The lowest BCUT2D eigenvalue weighted by atomic mass is 10.1. The number of benzene rings is 1. The second kappa shape index (κ2) is 5.59. The number of halogens is 1. The van der Waals surface area contributed by atoms with Gasteiger partial charge < -0.3 is 15.3 Å². The SMILES string of the molecule is CCc1cc(Cl)ccc1NC(=O)N1CC[C@@H](O)C1. The van der Waals surface area contributed by atoms with Crippen LogP contribution in [0.1, 0.15) is 18.9 Å². The first-order valence-corrected chi connectivity index (χ1v) is 6.50. The number of carbonyl (C=O) groups is 1. The summed E-state index contributed by atoms with van der Waals surface area (Å²) in [5.74, 6) is 0. The molecule has 1 fully saturated rings. The summed E-state index contributed by atoms with van der Waals surface area (Å²) in [5.41, 5.74) is 1.80. The van der Waals surface area contributed by atoms with Crippen molar-refractivity contribution in [3.8, 4) is 0 Å². The Balaban J connectivity index is 2.07. The number of hydrogen-bond acceptors (Lipinski definition) is 2. The summed E-state index contributed by atoms with van der Waals surface area (Å²) in [6.07, 6.45) is 1.06. The van der Waals surface area contributed by atoms with Crippen molar-refractivity contribution in [1.82, 2.24) is 4.90 Å². The van der Waals surface area contributed by atoms with Crippen molar-refractivity contribution in [2.45, 2.75) is 25.9 Å². The van der Waals surface area contributed by atoms with Crippen molar-refractivity contribution in [2.24, 2.45) is 0 Å². The second-order valence-corrected chi connectivity index (χ2v) is 4.91. The molecule has 0 bridgehead atoms. The molecule has 1 aliphatic rings. The number of amides is 2. The van der Waals surface area contributed by atoms with Crippen LogP contribution in [0.25, 0.3) is 0 Å². The van der Waals surface area contributed by atoms with E-state index in [1.165, 1.54) is 0 Å². The lowest BCUT2D eigenvalue weighted by molar-refractivity contribution is 0.176. The van der Waals surface area contributed by atoms with Gasteiger partial charge in [0.05, 0.1) is 6.10 Å². The largest absolute Gasteiger partial charge is 0.391 e. The average Bonchev–Trinajstić information content (AvgIpc) is 2.78. The maximum absolute atomic E-state index is 12.0. The number of likely N-dealkylation sites (tertiary alicyclic amines) is 1. The molecule has 18 heavy (non-hydrogen) atoms. The van der Waals surface area contributed by atoms with Gasteiger partial charge in [0.2, 0.25) is 0 Å². The predicted octanol–water partition coefficient (Wildman–Crippen LogP) is 2.50. The Kier molecular flexibility index (Phi) is 4.09. The van der Waals surface area contributed by atoms with Crippen molar-refractivity contribution in [1.29, 1.82) is 0 Å². The molecule has 1 aliphatic heterocycles. The van der Waals surface area contributed by atoms with Crippen LogP contribution in [0.15, 0.2) is 18.2 Å². The van der Waals surface area contributed by atoms with Crippen LogP contribution in [0.3, 0.4) is 0 Å². The van der Waals surface area contributed by atoms with E-state index in [0.29, 0.717) is 24.5 Å². The van der Waals surface area contributed by atoms with E-state index in [9.17, 15) is 9.90 Å². The van der Waals surface area contributed by atoms with Crippen LogP contribution >= 0.6 is 11.6 Å². The fourth-order valence-corrected chi connectivity index (χ4v) is 2.29. The molecule has 0 aromatic heterocycles. The Labute approximate surface area is 112 Å². The van der Waals surface area contributed by atoms with Crippen LogP contribution < -0.4 is 5.32 Å². The molecule has 1 saturated heterocycles. The number of carbonyl (C=O) groups excluding carboxylic acids is 1. The van der Waals surface area contributed by atoms with Gasteiger partial charge in [-0.3, -0.25) is 0 Å². The van der Waals surface area contributed by atoms with E-state index in [1.807, 2.05) is 19.1 Å². The number of hydrogen-bond donors (Lipinski definition) is 2. The number of β-amino-alcohol motifs (C(OH)–C–C–N with tert-alkyl or cyclic N) is 1. The highest BCUT2D eigenvalue weighted by molar-refractivity contribution is 6.30. The first kappa shape index (κ1) is 13.2. The molecule has 1 heterocycles. The first-order valence-electron chi connectivity index (χ1n) is 6.12. The van der Waals surface area contributed by atoms with Crippen molar-refractivity contribution < 1.29 is 9.90 Å². The van der Waals surface area contributed by atoms with Crippen LogP contribution in [-0.2, 0) is 6.42 Å². The van der Waals surface area contributed by atoms with E-state index < -0.39 is 6.10 Å². The van der Waals surface area contributed by atoms with E-state index in [-0.39, 0.29) is 6.03 Å². The van der Waals surface area contributed by atoms with Gasteiger partial charge in [-0.1, -0.05) is 18.5 Å². The molecule has 5 heteroatoms. The summed E-state index contributed by atoms with van der Waals surface area (Å²) in [6, 6.07) is 5.26. The standard InChI is InChI=1S/C13H17ClN2O2/c1-2-9-7-10(14)3-4-12(9)15-13(18)16-6-5-11(17)8-16/h3-4,7,11,17H,2,5-6,8H2,1H3,(H,15,18)/t11-/m1/s1. The van der Waals surface area contributed by atoms with Gasteiger partial charge in [0.15, 0.2) is 0 Å². The van der Waals surface area contributed by atoms with Crippen LogP contribution in [0.4, 0.5) is 10.5 Å². The molecule has 0 unspecified atom stereocenters.